The molecule has 1 amide bonds. The van der Waals surface area contributed by atoms with E-state index in [0.29, 0.717) is 5.69 Å². The standard InChI is InChI=1S/C15H18N4O2/c20-11-15(5-1-2-6-15)18-14(21)13-10-12(4-8-16-13)19-9-3-7-17-19/h3-4,7-10,20H,1-2,5-6,11H2,(H,18,21). The third kappa shape index (κ3) is 2.80. The van der Waals surface area contributed by atoms with Gasteiger partial charge in [0.15, 0.2) is 0 Å². The van der Waals surface area contributed by atoms with Crippen LogP contribution in [0.5, 0.6) is 0 Å². The zero-order valence-corrected chi connectivity index (χ0v) is 11.7. The van der Waals surface area contributed by atoms with E-state index in [-0.39, 0.29) is 12.5 Å². The molecule has 3 rings (SSSR count). The first-order chi connectivity index (χ1) is 10.2. The lowest BCUT2D eigenvalue weighted by Gasteiger charge is -2.27. The van der Waals surface area contributed by atoms with Crippen LogP contribution in [-0.4, -0.2) is 37.9 Å². The number of nitrogens with one attached hydrogen (secondary N) is 1. The average molecular weight is 286 g/mol. The van der Waals surface area contributed by atoms with E-state index in [1.54, 1.807) is 29.2 Å². The maximum Gasteiger partial charge on any atom is 0.270 e. The summed E-state index contributed by atoms with van der Waals surface area (Å²) in [6, 6.07) is 5.31. The molecule has 0 aromatic carbocycles. The number of rotatable bonds is 4. The van der Waals surface area contributed by atoms with E-state index < -0.39 is 5.54 Å². The predicted octanol–water partition coefficient (Wildman–Crippen LogP) is 1.30. The number of carbonyl (C=O) groups excluding carboxylic acids is 1. The van der Waals surface area contributed by atoms with Gasteiger partial charge < -0.3 is 10.4 Å². The van der Waals surface area contributed by atoms with E-state index in [4.69, 9.17) is 0 Å². The van der Waals surface area contributed by atoms with Crippen LogP contribution >= 0.6 is 0 Å². The summed E-state index contributed by atoms with van der Waals surface area (Å²) in [7, 11) is 0. The molecule has 6 nitrogen and oxygen atoms in total. The summed E-state index contributed by atoms with van der Waals surface area (Å²) in [6.45, 7) is -0.0302. The van der Waals surface area contributed by atoms with Crippen molar-refractivity contribution in [1.82, 2.24) is 20.1 Å². The Hall–Kier alpha value is -2.21. The molecule has 1 saturated carbocycles. The monoisotopic (exact) mass is 286 g/mol. The van der Waals surface area contributed by atoms with Crippen LogP contribution in [0.25, 0.3) is 5.69 Å². The zero-order chi connectivity index (χ0) is 14.7. The van der Waals surface area contributed by atoms with Crippen LogP contribution in [0.3, 0.4) is 0 Å². The van der Waals surface area contributed by atoms with Crippen LogP contribution in [0.2, 0.25) is 0 Å². The van der Waals surface area contributed by atoms with Crippen LogP contribution in [0, 0.1) is 0 Å². The molecule has 0 saturated heterocycles. The number of aliphatic hydroxyl groups excluding tert-OH is 1. The van der Waals surface area contributed by atoms with Gasteiger partial charge in [0.05, 0.1) is 17.8 Å². The van der Waals surface area contributed by atoms with Crippen molar-refractivity contribution in [2.75, 3.05) is 6.61 Å². The molecule has 1 aliphatic carbocycles. The van der Waals surface area contributed by atoms with E-state index in [2.05, 4.69) is 15.4 Å². The van der Waals surface area contributed by atoms with Crippen LogP contribution in [-0.2, 0) is 0 Å². The maximum absolute atomic E-state index is 12.4. The molecular weight excluding hydrogens is 268 g/mol. The lowest BCUT2D eigenvalue weighted by Crippen LogP contribution is -2.49. The largest absolute Gasteiger partial charge is 0.394 e. The Morgan fingerprint density at radius 3 is 2.86 bits per heavy atom. The fourth-order valence-corrected chi connectivity index (χ4v) is 2.79. The highest BCUT2D eigenvalue weighted by Crippen LogP contribution is 2.29. The highest BCUT2D eigenvalue weighted by Gasteiger charge is 2.35. The Morgan fingerprint density at radius 2 is 2.19 bits per heavy atom. The van der Waals surface area contributed by atoms with Gasteiger partial charge in [0.25, 0.3) is 5.91 Å². The third-order valence-electron chi connectivity index (χ3n) is 3.99. The second-order valence-electron chi connectivity index (χ2n) is 5.45. The molecule has 110 valence electrons. The number of aliphatic hydroxyl groups is 1. The Kier molecular flexibility index (Phi) is 3.70. The quantitative estimate of drug-likeness (QED) is 0.888. The molecule has 0 unspecified atom stereocenters. The first kappa shape index (κ1) is 13.8. The van der Waals surface area contributed by atoms with Crippen molar-refractivity contribution in [2.45, 2.75) is 31.2 Å². The molecule has 2 N–H and O–H groups in total. The van der Waals surface area contributed by atoms with Gasteiger partial charge in [-0.05, 0) is 31.0 Å². The minimum absolute atomic E-state index is 0.0302. The molecule has 6 heteroatoms. The molecule has 21 heavy (non-hydrogen) atoms. The highest BCUT2D eigenvalue weighted by molar-refractivity contribution is 5.93. The van der Waals surface area contributed by atoms with Gasteiger partial charge in [-0.15, -0.1) is 0 Å². The molecule has 0 radical (unpaired) electrons. The molecule has 2 aromatic heterocycles. The number of hydrogen-bond acceptors (Lipinski definition) is 4. The van der Waals surface area contributed by atoms with E-state index in [9.17, 15) is 9.90 Å². The fraction of sp³-hybridized carbons (Fsp3) is 0.400. The van der Waals surface area contributed by atoms with Crippen LogP contribution in [0.15, 0.2) is 36.8 Å². The van der Waals surface area contributed by atoms with Gasteiger partial charge in [0, 0.05) is 18.6 Å². The molecule has 1 aliphatic rings. The summed E-state index contributed by atoms with van der Waals surface area (Å²) in [6.07, 6.45) is 8.76. The van der Waals surface area contributed by atoms with E-state index >= 15 is 0 Å². The predicted molar refractivity (Wildman–Crippen MR) is 77.1 cm³/mol. The van der Waals surface area contributed by atoms with E-state index in [1.807, 2.05) is 12.3 Å². The van der Waals surface area contributed by atoms with Crippen molar-refractivity contribution in [2.24, 2.45) is 0 Å². The first-order valence-electron chi connectivity index (χ1n) is 7.12. The van der Waals surface area contributed by atoms with Crippen molar-refractivity contribution < 1.29 is 9.90 Å². The van der Waals surface area contributed by atoms with Crippen molar-refractivity contribution >= 4 is 5.91 Å². The van der Waals surface area contributed by atoms with Crippen LogP contribution in [0.4, 0.5) is 0 Å². The van der Waals surface area contributed by atoms with Gasteiger partial charge in [-0.25, -0.2) is 4.68 Å². The minimum atomic E-state index is -0.486. The Morgan fingerprint density at radius 1 is 1.38 bits per heavy atom. The highest BCUT2D eigenvalue weighted by atomic mass is 16.3. The van der Waals surface area contributed by atoms with E-state index in [1.165, 1.54) is 0 Å². The molecule has 0 spiro atoms. The smallest absolute Gasteiger partial charge is 0.270 e. The number of carbonyl (C=O) groups is 1. The Balaban J connectivity index is 1.80. The van der Waals surface area contributed by atoms with Crippen molar-refractivity contribution in [1.29, 1.82) is 0 Å². The van der Waals surface area contributed by atoms with Gasteiger partial charge in [-0.2, -0.15) is 5.10 Å². The second kappa shape index (κ2) is 5.65. The fourth-order valence-electron chi connectivity index (χ4n) is 2.79. The summed E-state index contributed by atoms with van der Waals surface area (Å²) in [5.74, 6) is -0.250. The van der Waals surface area contributed by atoms with Gasteiger partial charge >= 0.3 is 0 Å². The number of hydrogen-bond donors (Lipinski definition) is 2. The van der Waals surface area contributed by atoms with Gasteiger partial charge in [0.2, 0.25) is 0 Å². The van der Waals surface area contributed by atoms with E-state index in [0.717, 1.165) is 31.4 Å². The van der Waals surface area contributed by atoms with Crippen LogP contribution < -0.4 is 5.32 Å². The van der Waals surface area contributed by atoms with Crippen molar-refractivity contribution in [3.63, 3.8) is 0 Å². The second-order valence-corrected chi connectivity index (χ2v) is 5.45. The first-order valence-corrected chi connectivity index (χ1v) is 7.12. The molecule has 2 heterocycles. The van der Waals surface area contributed by atoms with Crippen molar-refractivity contribution in [3.8, 4) is 5.69 Å². The molecular formula is C15H18N4O2. The maximum atomic E-state index is 12.4. The number of pyridine rings is 1. The minimum Gasteiger partial charge on any atom is -0.394 e. The summed E-state index contributed by atoms with van der Waals surface area (Å²) in [5, 5.41) is 16.7. The topological polar surface area (TPSA) is 80.0 Å². The Bertz CT molecular complexity index is 618. The summed E-state index contributed by atoms with van der Waals surface area (Å²) >= 11 is 0. The van der Waals surface area contributed by atoms with Gasteiger partial charge in [-0.1, -0.05) is 12.8 Å². The average Bonchev–Trinajstić information content (AvgIpc) is 3.19. The molecule has 0 bridgehead atoms. The third-order valence-corrected chi connectivity index (χ3v) is 3.99. The zero-order valence-electron chi connectivity index (χ0n) is 11.7. The molecule has 0 aliphatic heterocycles. The van der Waals surface area contributed by atoms with Gasteiger partial charge in [-0.3, -0.25) is 9.78 Å². The number of aromatic nitrogens is 3. The summed E-state index contributed by atoms with van der Waals surface area (Å²) in [5.41, 5.74) is 0.632. The summed E-state index contributed by atoms with van der Waals surface area (Å²) < 4.78 is 1.68. The number of nitrogens with zero attached hydrogens (tertiary/aromatic N) is 3. The molecule has 1 fully saturated rings. The van der Waals surface area contributed by atoms with Crippen molar-refractivity contribution in [3.05, 3.63) is 42.5 Å². The van der Waals surface area contributed by atoms with Gasteiger partial charge in [0.1, 0.15) is 5.69 Å². The lowest BCUT2D eigenvalue weighted by atomic mass is 9.98. The lowest BCUT2D eigenvalue weighted by molar-refractivity contribution is 0.0833. The van der Waals surface area contributed by atoms with Crippen LogP contribution in [0.1, 0.15) is 36.2 Å². The summed E-state index contributed by atoms with van der Waals surface area (Å²) in [4.78, 5) is 16.5. The molecule has 0 atom stereocenters. The molecule has 2 aromatic rings. The Labute approximate surface area is 122 Å². The number of amides is 1. The SMILES string of the molecule is O=C(NC1(CO)CCCC1)c1cc(-n2cccn2)ccn1. The normalized spacial score (nSPS) is 16.8.